The minimum Gasteiger partial charge on any atom is -0.508 e. The summed E-state index contributed by atoms with van der Waals surface area (Å²) >= 11 is 0. The number of aliphatic hydroxyl groups is 4. The highest BCUT2D eigenvalue weighted by Gasteiger charge is 2.45. The Morgan fingerprint density at radius 2 is 1.75 bits per heavy atom. The highest BCUT2D eigenvalue weighted by molar-refractivity contribution is 5.92. The quantitative estimate of drug-likeness (QED) is 0.182. The van der Waals surface area contributed by atoms with E-state index in [4.69, 9.17) is 18.9 Å². The van der Waals surface area contributed by atoms with Gasteiger partial charge in [-0.1, -0.05) is 17.7 Å². The molecule has 2 aliphatic rings. The number of aliphatic hydroxyl groups excluding tert-OH is 4. The monoisotopic (exact) mass is 506 g/mol. The van der Waals surface area contributed by atoms with E-state index in [1.165, 1.54) is 24.3 Å². The van der Waals surface area contributed by atoms with Crippen molar-refractivity contribution in [2.75, 3.05) is 13.2 Å². The Hall–Kier alpha value is -3.06. The maximum Gasteiger partial charge on any atom is 0.337 e. The number of ether oxygens (including phenoxy) is 4. The number of hydrogen-bond donors (Lipinski definition) is 5. The van der Waals surface area contributed by atoms with Gasteiger partial charge >= 0.3 is 11.9 Å². The SMILES string of the molecule is CC(C)=C[C@@H]1OC(=O)C(=CCO[C@H]2O[C@@H](COC(=O)C=Cc3ccc(O)cc3)[C@@H](O)[C@@H](O)[C@@H]2O)[C@@H]1O. The van der Waals surface area contributed by atoms with Crippen molar-refractivity contribution in [2.45, 2.75) is 56.8 Å². The number of phenols is 1. The zero-order valence-electron chi connectivity index (χ0n) is 19.8. The van der Waals surface area contributed by atoms with Gasteiger partial charge in [0.2, 0.25) is 0 Å². The second-order valence-corrected chi connectivity index (χ2v) is 8.62. The molecule has 2 fully saturated rings. The van der Waals surface area contributed by atoms with E-state index in [-0.39, 0.29) is 17.9 Å². The first kappa shape index (κ1) is 27.5. The van der Waals surface area contributed by atoms with E-state index >= 15 is 0 Å². The van der Waals surface area contributed by atoms with Crippen LogP contribution in [0.25, 0.3) is 6.08 Å². The topological polar surface area (TPSA) is 172 Å². The van der Waals surface area contributed by atoms with Crippen LogP contribution < -0.4 is 0 Å². The molecule has 2 heterocycles. The van der Waals surface area contributed by atoms with Gasteiger partial charge in [-0.05, 0) is 49.8 Å². The number of phenolic OH excluding ortho intramolecular Hbond substituents is 1. The molecule has 0 radical (unpaired) electrons. The molecule has 0 amide bonds. The first-order valence-corrected chi connectivity index (χ1v) is 11.3. The first-order chi connectivity index (χ1) is 17.1. The molecule has 3 rings (SSSR count). The molecule has 5 N–H and O–H groups in total. The normalized spacial score (nSPS) is 31.4. The van der Waals surface area contributed by atoms with Crippen molar-refractivity contribution >= 4 is 18.0 Å². The average Bonchev–Trinajstić information content (AvgIpc) is 3.09. The van der Waals surface area contributed by atoms with Crippen molar-refractivity contribution in [2.24, 2.45) is 0 Å². The molecule has 0 saturated carbocycles. The number of allylic oxidation sites excluding steroid dienone is 1. The largest absolute Gasteiger partial charge is 0.508 e. The van der Waals surface area contributed by atoms with Gasteiger partial charge in [0, 0.05) is 6.08 Å². The fraction of sp³-hybridized carbons (Fsp3) is 0.440. The lowest BCUT2D eigenvalue weighted by Gasteiger charge is -2.39. The van der Waals surface area contributed by atoms with Gasteiger partial charge in [-0.2, -0.15) is 0 Å². The lowest BCUT2D eigenvalue weighted by Crippen LogP contribution is -2.59. The van der Waals surface area contributed by atoms with Crippen LogP contribution in [0.1, 0.15) is 19.4 Å². The molecule has 0 aromatic heterocycles. The minimum atomic E-state index is -1.66. The highest BCUT2D eigenvalue weighted by Crippen LogP contribution is 2.25. The zero-order chi connectivity index (χ0) is 26.4. The summed E-state index contributed by atoms with van der Waals surface area (Å²) in [5.74, 6) is -1.38. The third kappa shape index (κ3) is 7.00. The van der Waals surface area contributed by atoms with E-state index in [2.05, 4.69) is 0 Å². The van der Waals surface area contributed by atoms with Gasteiger partial charge in [0.15, 0.2) is 12.4 Å². The fourth-order valence-corrected chi connectivity index (χ4v) is 3.60. The van der Waals surface area contributed by atoms with Crippen molar-refractivity contribution in [1.29, 1.82) is 0 Å². The van der Waals surface area contributed by atoms with E-state index in [1.807, 2.05) is 0 Å². The van der Waals surface area contributed by atoms with Crippen LogP contribution in [0, 0.1) is 0 Å². The molecule has 196 valence electrons. The number of hydrogen-bond acceptors (Lipinski definition) is 11. The van der Waals surface area contributed by atoms with E-state index in [0.717, 1.165) is 11.6 Å². The molecule has 1 aromatic carbocycles. The predicted octanol–water partition coefficient (Wildman–Crippen LogP) is -0.0483. The maximum absolute atomic E-state index is 12.0. The Bertz CT molecular complexity index is 1010. The molecule has 0 unspecified atom stereocenters. The van der Waals surface area contributed by atoms with Crippen molar-refractivity contribution in [1.82, 2.24) is 0 Å². The third-order valence-electron chi connectivity index (χ3n) is 5.53. The summed E-state index contributed by atoms with van der Waals surface area (Å²) < 4.78 is 21.1. The van der Waals surface area contributed by atoms with Crippen LogP contribution in [0.3, 0.4) is 0 Å². The van der Waals surface area contributed by atoms with Crippen molar-refractivity contribution in [3.63, 3.8) is 0 Å². The summed E-state index contributed by atoms with van der Waals surface area (Å²) in [4.78, 5) is 24.0. The van der Waals surface area contributed by atoms with Crippen LogP contribution in [0.4, 0.5) is 0 Å². The van der Waals surface area contributed by atoms with Gasteiger partial charge < -0.3 is 44.5 Å². The van der Waals surface area contributed by atoms with Crippen LogP contribution in [-0.2, 0) is 28.5 Å². The molecule has 1 aromatic rings. The van der Waals surface area contributed by atoms with Crippen LogP contribution >= 0.6 is 0 Å². The molecule has 7 atom stereocenters. The summed E-state index contributed by atoms with van der Waals surface area (Å²) in [5.41, 5.74) is 1.48. The van der Waals surface area contributed by atoms with Crippen LogP contribution in [0.5, 0.6) is 5.75 Å². The van der Waals surface area contributed by atoms with Crippen molar-refractivity contribution in [3.8, 4) is 5.75 Å². The van der Waals surface area contributed by atoms with Crippen LogP contribution in [-0.4, -0.2) is 93.6 Å². The van der Waals surface area contributed by atoms with E-state index in [1.54, 1.807) is 32.1 Å². The number of carbonyl (C=O) groups excluding carboxylic acids is 2. The number of aromatic hydroxyl groups is 1. The molecule has 2 saturated heterocycles. The molecule has 0 spiro atoms. The van der Waals surface area contributed by atoms with Crippen molar-refractivity contribution < 1.29 is 54.1 Å². The van der Waals surface area contributed by atoms with Crippen LogP contribution in [0.15, 0.2) is 53.6 Å². The molecule has 2 aliphatic heterocycles. The zero-order valence-corrected chi connectivity index (χ0v) is 19.8. The molecular weight excluding hydrogens is 476 g/mol. The summed E-state index contributed by atoms with van der Waals surface area (Å²) in [6.07, 6.45) is -3.99. The van der Waals surface area contributed by atoms with Crippen LogP contribution in [0.2, 0.25) is 0 Å². The van der Waals surface area contributed by atoms with Gasteiger partial charge in [0.1, 0.15) is 42.9 Å². The van der Waals surface area contributed by atoms with Gasteiger partial charge in [-0.25, -0.2) is 9.59 Å². The average molecular weight is 507 g/mol. The summed E-state index contributed by atoms with van der Waals surface area (Å²) in [6, 6.07) is 6.10. The maximum atomic E-state index is 12.0. The lowest BCUT2D eigenvalue weighted by molar-refractivity contribution is -0.299. The number of rotatable bonds is 8. The smallest absolute Gasteiger partial charge is 0.337 e. The molecule has 0 aliphatic carbocycles. The minimum absolute atomic E-state index is 0.0192. The lowest BCUT2D eigenvalue weighted by atomic mass is 9.99. The summed E-state index contributed by atoms with van der Waals surface area (Å²) in [7, 11) is 0. The number of carbonyl (C=O) groups is 2. The Balaban J connectivity index is 1.55. The van der Waals surface area contributed by atoms with E-state index < -0.39 is 61.5 Å². The van der Waals surface area contributed by atoms with Gasteiger partial charge in [0.05, 0.1) is 12.2 Å². The van der Waals surface area contributed by atoms with Gasteiger partial charge in [-0.15, -0.1) is 0 Å². The highest BCUT2D eigenvalue weighted by atomic mass is 16.7. The number of benzene rings is 1. The summed E-state index contributed by atoms with van der Waals surface area (Å²) in [6.45, 7) is 2.87. The number of esters is 2. The second kappa shape index (κ2) is 12.3. The molecule has 11 nitrogen and oxygen atoms in total. The first-order valence-electron chi connectivity index (χ1n) is 11.3. The molecule has 11 heteroatoms. The molecule has 0 bridgehead atoms. The molecule has 36 heavy (non-hydrogen) atoms. The third-order valence-corrected chi connectivity index (χ3v) is 5.53. The standard InChI is InChI=1S/C25H30O11/c1-13(2)11-17-20(28)16(24(32)35-17)9-10-33-25-23(31)22(30)21(29)18(36-25)12-34-19(27)8-5-14-3-6-15(26)7-4-14/h3-9,11,17-18,20-23,25-26,28-31H,10,12H2,1-2H3/t17-,18-,20-,21+,22+,23-,25-/m0/s1. The van der Waals surface area contributed by atoms with E-state index in [0.29, 0.717) is 5.56 Å². The Kier molecular flexibility index (Phi) is 9.37. The Morgan fingerprint density at radius 1 is 1.06 bits per heavy atom. The van der Waals surface area contributed by atoms with E-state index in [9.17, 15) is 35.1 Å². The fourth-order valence-electron chi connectivity index (χ4n) is 3.60. The predicted molar refractivity (Wildman–Crippen MR) is 124 cm³/mol. The second-order valence-electron chi connectivity index (χ2n) is 8.62. The van der Waals surface area contributed by atoms with Gasteiger partial charge in [-0.3, -0.25) is 0 Å². The van der Waals surface area contributed by atoms with Gasteiger partial charge in [0.25, 0.3) is 0 Å². The Morgan fingerprint density at radius 3 is 2.42 bits per heavy atom. The van der Waals surface area contributed by atoms with Crippen molar-refractivity contribution in [3.05, 3.63) is 59.2 Å². The summed E-state index contributed by atoms with van der Waals surface area (Å²) in [5, 5.41) is 50.2. The molecular formula is C25H30O11. The Labute approximate surface area is 207 Å². The number of cyclic esters (lactones) is 1.